The molecule has 316 valence electrons. The highest BCUT2D eigenvalue weighted by atomic mass is 16.5. The molecule has 0 atom stereocenters. The summed E-state index contributed by atoms with van der Waals surface area (Å²) in [6, 6.07) is 62.5. The van der Waals surface area contributed by atoms with Crippen LogP contribution < -0.4 is 9.47 Å². The van der Waals surface area contributed by atoms with E-state index in [-0.39, 0.29) is 23.1 Å². The van der Waals surface area contributed by atoms with Crippen molar-refractivity contribution in [1.29, 1.82) is 0 Å². The highest BCUT2D eigenvalue weighted by molar-refractivity contribution is 6.31. The Hall–Kier alpha value is -8.74. The molecule has 0 aliphatic heterocycles. The van der Waals surface area contributed by atoms with Gasteiger partial charge in [0, 0.05) is 11.1 Å². The van der Waals surface area contributed by atoms with Gasteiger partial charge in [0.25, 0.3) is 0 Å². The summed E-state index contributed by atoms with van der Waals surface area (Å²) in [4.78, 5) is 26.8. The van der Waals surface area contributed by atoms with Crippen LogP contribution in [-0.2, 0) is 0 Å². The molecule has 0 bridgehead atoms. The molecular formula is C60H40O6. The van der Waals surface area contributed by atoms with E-state index >= 15 is 0 Å². The molecule has 6 nitrogen and oxygen atoms in total. The lowest BCUT2D eigenvalue weighted by atomic mass is 9.87. The monoisotopic (exact) mass is 856 g/mol. The van der Waals surface area contributed by atoms with Crippen LogP contribution in [0.25, 0.3) is 86.9 Å². The first-order valence-corrected chi connectivity index (χ1v) is 21.7. The quantitative estimate of drug-likeness (QED) is 0.117. The summed E-state index contributed by atoms with van der Waals surface area (Å²) in [6.45, 7) is 0. The van der Waals surface area contributed by atoms with Crippen LogP contribution in [0.5, 0.6) is 23.0 Å². The maximum Gasteiger partial charge on any atom is 0.197 e. The van der Waals surface area contributed by atoms with Gasteiger partial charge in [0.2, 0.25) is 0 Å². The number of phenolic OH excluding ortho intramolecular Hbond substituents is 2. The summed E-state index contributed by atoms with van der Waals surface area (Å²) in [6.07, 6.45) is 0. The van der Waals surface area contributed by atoms with Crippen LogP contribution in [0.15, 0.2) is 194 Å². The largest absolute Gasteiger partial charge is 0.507 e. The fourth-order valence-electron chi connectivity index (χ4n) is 9.70. The number of rotatable bonds is 8. The zero-order chi connectivity index (χ0) is 45.1. The Morgan fingerprint density at radius 2 is 0.697 bits per heavy atom. The SMILES string of the molecule is COc1cccc(-c2ccc3ccc4c(C(=O)c5ccccc5O)ccc5ccc2c3c54)c1.COc1cccc(-c2ccc3ccc4ccc(C(=O)c5ccccc5O)c5ccc2c3c45)c1. The lowest BCUT2D eigenvalue weighted by molar-refractivity contribution is 0.102. The Balaban J connectivity index is 0.000000146. The second-order valence-electron chi connectivity index (χ2n) is 16.5. The predicted molar refractivity (Wildman–Crippen MR) is 267 cm³/mol. The number of ether oxygens (including phenoxy) is 2. The first kappa shape index (κ1) is 40.1. The molecular weight excluding hydrogens is 817 g/mol. The summed E-state index contributed by atoms with van der Waals surface area (Å²) < 4.78 is 10.9. The standard InChI is InChI=1S/2C30H20O3/c1-33-21-6-4-5-20(17-21)22-13-9-18-11-15-24-25(30(32)26-7-2-3-8-27(26)31)16-12-19-10-14-23(22)28(18)29(19)24;1-33-21-6-4-5-20(17-21)22-13-11-18-9-10-19-12-14-25(24-16-15-23(22)28(18)29(19)24)30(32)26-7-2-3-8-27(26)31/h2*2-17,31H,1H3. The van der Waals surface area contributed by atoms with Crippen LogP contribution in [0.3, 0.4) is 0 Å². The third-order valence-corrected chi connectivity index (χ3v) is 12.9. The van der Waals surface area contributed by atoms with Crippen molar-refractivity contribution in [3.8, 4) is 45.3 Å². The fourth-order valence-corrected chi connectivity index (χ4v) is 9.70. The minimum Gasteiger partial charge on any atom is -0.507 e. The average Bonchev–Trinajstić information content (AvgIpc) is 3.37. The molecule has 66 heavy (non-hydrogen) atoms. The second-order valence-corrected chi connectivity index (χ2v) is 16.5. The molecule has 0 radical (unpaired) electrons. The Bertz CT molecular complexity index is 3670. The van der Waals surface area contributed by atoms with Gasteiger partial charge in [-0.3, -0.25) is 9.59 Å². The highest BCUT2D eigenvalue weighted by Crippen LogP contribution is 2.43. The summed E-state index contributed by atoms with van der Waals surface area (Å²) in [5.41, 5.74) is 6.20. The van der Waals surface area contributed by atoms with Gasteiger partial charge in [-0.1, -0.05) is 133 Å². The van der Waals surface area contributed by atoms with Gasteiger partial charge in [-0.15, -0.1) is 0 Å². The van der Waals surface area contributed by atoms with E-state index in [0.717, 1.165) is 98.4 Å². The molecule has 0 heterocycles. The molecule has 0 unspecified atom stereocenters. The van der Waals surface area contributed by atoms with Gasteiger partial charge in [0.15, 0.2) is 11.6 Å². The molecule has 0 saturated carbocycles. The number of carbonyl (C=O) groups is 2. The molecule has 0 saturated heterocycles. The zero-order valence-electron chi connectivity index (χ0n) is 36.0. The topological polar surface area (TPSA) is 93.1 Å². The number of para-hydroxylation sites is 2. The number of aromatic hydroxyl groups is 2. The predicted octanol–water partition coefficient (Wildman–Crippen LogP) is 14.4. The van der Waals surface area contributed by atoms with E-state index in [2.05, 4.69) is 72.8 Å². The molecule has 0 aromatic heterocycles. The normalized spacial score (nSPS) is 11.4. The van der Waals surface area contributed by atoms with Crippen LogP contribution in [0.1, 0.15) is 31.8 Å². The van der Waals surface area contributed by atoms with E-state index in [9.17, 15) is 19.8 Å². The van der Waals surface area contributed by atoms with Gasteiger partial charge in [-0.2, -0.15) is 0 Å². The van der Waals surface area contributed by atoms with Crippen molar-refractivity contribution in [2.45, 2.75) is 0 Å². The summed E-state index contributed by atoms with van der Waals surface area (Å²) in [7, 11) is 3.35. The average molecular weight is 857 g/mol. The third-order valence-electron chi connectivity index (χ3n) is 12.9. The Morgan fingerprint density at radius 1 is 0.348 bits per heavy atom. The van der Waals surface area contributed by atoms with Crippen LogP contribution >= 0.6 is 0 Å². The van der Waals surface area contributed by atoms with Crippen molar-refractivity contribution in [2.24, 2.45) is 0 Å². The number of hydrogen-bond donors (Lipinski definition) is 2. The molecule has 0 amide bonds. The van der Waals surface area contributed by atoms with Crippen LogP contribution in [0.2, 0.25) is 0 Å². The minimum absolute atomic E-state index is 0.00601. The van der Waals surface area contributed by atoms with Gasteiger partial charge in [-0.05, 0) is 148 Å². The van der Waals surface area contributed by atoms with Crippen molar-refractivity contribution < 1.29 is 29.3 Å². The molecule has 12 rings (SSSR count). The van der Waals surface area contributed by atoms with Gasteiger partial charge < -0.3 is 19.7 Å². The lowest BCUT2D eigenvalue weighted by Crippen LogP contribution is -2.03. The van der Waals surface area contributed by atoms with Crippen LogP contribution in [0, 0.1) is 0 Å². The van der Waals surface area contributed by atoms with Gasteiger partial charge in [-0.25, -0.2) is 0 Å². The highest BCUT2D eigenvalue weighted by Gasteiger charge is 2.22. The van der Waals surface area contributed by atoms with Crippen LogP contribution in [-0.4, -0.2) is 36.0 Å². The van der Waals surface area contributed by atoms with E-state index in [4.69, 9.17) is 9.47 Å². The summed E-state index contributed by atoms with van der Waals surface area (Å²) in [5, 5.41) is 33.4. The van der Waals surface area contributed by atoms with Gasteiger partial charge >= 0.3 is 0 Å². The Morgan fingerprint density at radius 3 is 1.14 bits per heavy atom. The zero-order valence-corrected chi connectivity index (χ0v) is 36.0. The number of ketones is 2. The van der Waals surface area contributed by atoms with Crippen molar-refractivity contribution in [1.82, 2.24) is 0 Å². The molecule has 0 aliphatic rings. The molecule has 0 spiro atoms. The van der Waals surface area contributed by atoms with E-state index < -0.39 is 0 Å². The molecule has 12 aromatic carbocycles. The number of phenols is 2. The smallest absolute Gasteiger partial charge is 0.197 e. The number of carbonyl (C=O) groups excluding carboxylic acids is 2. The van der Waals surface area contributed by atoms with Crippen molar-refractivity contribution in [2.75, 3.05) is 14.2 Å². The van der Waals surface area contributed by atoms with E-state index in [0.29, 0.717) is 22.3 Å². The fraction of sp³-hybridized carbons (Fsp3) is 0.0333. The van der Waals surface area contributed by atoms with E-state index in [1.165, 1.54) is 0 Å². The maximum atomic E-state index is 13.4. The van der Waals surface area contributed by atoms with Crippen molar-refractivity contribution in [3.63, 3.8) is 0 Å². The Kier molecular flexibility index (Phi) is 9.78. The summed E-state index contributed by atoms with van der Waals surface area (Å²) >= 11 is 0. The molecule has 0 fully saturated rings. The second kappa shape index (κ2) is 16.1. The minimum atomic E-state index is -0.181. The van der Waals surface area contributed by atoms with Crippen molar-refractivity contribution >= 4 is 76.2 Å². The van der Waals surface area contributed by atoms with E-state index in [1.54, 1.807) is 62.8 Å². The van der Waals surface area contributed by atoms with Gasteiger partial charge in [0.1, 0.15) is 23.0 Å². The summed E-state index contributed by atoms with van der Waals surface area (Å²) in [5.74, 6) is 1.25. The molecule has 6 heteroatoms. The van der Waals surface area contributed by atoms with Crippen molar-refractivity contribution in [3.05, 3.63) is 216 Å². The number of methoxy groups -OCH3 is 2. The number of hydrogen-bond acceptors (Lipinski definition) is 6. The van der Waals surface area contributed by atoms with Gasteiger partial charge in [0.05, 0.1) is 25.3 Å². The molecule has 0 aliphatic carbocycles. The lowest BCUT2D eigenvalue weighted by Gasteiger charge is -2.16. The first-order valence-electron chi connectivity index (χ1n) is 21.7. The maximum absolute atomic E-state index is 13.4. The number of benzene rings is 12. The third kappa shape index (κ3) is 6.58. The van der Waals surface area contributed by atoms with Crippen LogP contribution in [0.4, 0.5) is 0 Å². The molecule has 12 aromatic rings. The van der Waals surface area contributed by atoms with E-state index in [1.807, 2.05) is 72.8 Å². The first-order chi connectivity index (χ1) is 32.3. The molecule has 2 N–H and O–H groups in total. The Labute approximate surface area is 379 Å².